The van der Waals surface area contributed by atoms with Gasteiger partial charge in [0.15, 0.2) is 0 Å². The summed E-state index contributed by atoms with van der Waals surface area (Å²) in [6.07, 6.45) is 5.44. The lowest BCUT2D eigenvalue weighted by atomic mass is 10.1. The van der Waals surface area contributed by atoms with E-state index < -0.39 is 0 Å². The summed E-state index contributed by atoms with van der Waals surface area (Å²) in [6.45, 7) is 0. The first-order chi connectivity index (χ1) is 13.9. The molecule has 0 unspecified atom stereocenters. The number of fused-ring (bicyclic) bond motifs is 5. The molecule has 4 aromatic heterocycles. The molecule has 0 atom stereocenters. The van der Waals surface area contributed by atoms with Crippen LogP contribution < -0.4 is 0 Å². The molecule has 2 aromatic carbocycles. The zero-order valence-electron chi connectivity index (χ0n) is 14.9. The lowest BCUT2D eigenvalue weighted by Crippen LogP contribution is -1.95. The van der Waals surface area contributed by atoms with Crippen LogP contribution in [0.1, 0.15) is 0 Å². The van der Waals surface area contributed by atoms with Gasteiger partial charge in [0.25, 0.3) is 0 Å². The largest absolute Gasteiger partial charge is 0.464 e. The SMILES string of the molecule is c1ccc(-c2ccc(-n3c4ccccc4c4c5occc5ccc43)cn2)nc1. The summed E-state index contributed by atoms with van der Waals surface area (Å²) < 4.78 is 8.07. The number of benzene rings is 2. The van der Waals surface area contributed by atoms with Gasteiger partial charge in [0.2, 0.25) is 0 Å². The monoisotopic (exact) mass is 361 g/mol. The number of furan rings is 1. The highest BCUT2D eigenvalue weighted by atomic mass is 16.3. The molecule has 6 rings (SSSR count). The standard InChI is InChI=1S/C24H15N3O/c1-2-7-21-18(5-1)23-22(11-8-16-12-14-28-24(16)23)27(21)17-9-10-20(26-15-17)19-6-3-4-13-25-19/h1-15H. The van der Waals surface area contributed by atoms with Gasteiger partial charge in [0.1, 0.15) is 5.58 Å². The Hall–Kier alpha value is -3.92. The van der Waals surface area contributed by atoms with Crippen molar-refractivity contribution in [1.29, 1.82) is 0 Å². The fourth-order valence-corrected chi connectivity index (χ4v) is 3.94. The Labute approximate surface area is 160 Å². The second kappa shape index (κ2) is 5.79. The summed E-state index contributed by atoms with van der Waals surface area (Å²) in [6, 6.07) is 24.6. The van der Waals surface area contributed by atoms with Gasteiger partial charge in [-0.25, -0.2) is 0 Å². The van der Waals surface area contributed by atoms with E-state index in [2.05, 4.69) is 57.0 Å². The minimum Gasteiger partial charge on any atom is -0.464 e. The minimum atomic E-state index is 0.860. The first-order valence-corrected chi connectivity index (χ1v) is 9.17. The van der Waals surface area contributed by atoms with Crippen LogP contribution in [0.5, 0.6) is 0 Å². The van der Waals surface area contributed by atoms with Crippen molar-refractivity contribution >= 4 is 32.8 Å². The highest BCUT2D eigenvalue weighted by molar-refractivity contribution is 6.19. The van der Waals surface area contributed by atoms with E-state index in [1.165, 1.54) is 5.39 Å². The van der Waals surface area contributed by atoms with Crippen LogP contribution in [0.4, 0.5) is 0 Å². The molecular weight excluding hydrogens is 346 g/mol. The van der Waals surface area contributed by atoms with Crippen molar-refractivity contribution in [3.8, 4) is 17.1 Å². The normalized spacial score (nSPS) is 11.6. The summed E-state index contributed by atoms with van der Waals surface area (Å²) in [5.74, 6) is 0. The molecule has 6 aromatic rings. The smallest absolute Gasteiger partial charge is 0.143 e. The summed E-state index contributed by atoms with van der Waals surface area (Å²) in [4.78, 5) is 9.05. The molecule has 0 fully saturated rings. The van der Waals surface area contributed by atoms with E-state index in [1.54, 1.807) is 12.5 Å². The average molecular weight is 361 g/mol. The van der Waals surface area contributed by atoms with Gasteiger partial charge in [-0.15, -0.1) is 0 Å². The van der Waals surface area contributed by atoms with Crippen LogP contribution in [0.15, 0.2) is 95.9 Å². The van der Waals surface area contributed by atoms with Crippen LogP contribution in [0.2, 0.25) is 0 Å². The maximum absolute atomic E-state index is 5.83. The molecule has 0 spiro atoms. The molecule has 0 bridgehead atoms. The predicted octanol–water partition coefficient (Wildman–Crippen LogP) is 5.99. The first-order valence-electron chi connectivity index (χ1n) is 9.17. The van der Waals surface area contributed by atoms with Gasteiger partial charge in [-0.1, -0.05) is 24.3 Å². The van der Waals surface area contributed by atoms with Crippen molar-refractivity contribution in [2.45, 2.75) is 0 Å². The molecule has 0 aliphatic carbocycles. The summed E-state index contributed by atoms with van der Waals surface area (Å²) in [7, 11) is 0. The highest BCUT2D eigenvalue weighted by Crippen LogP contribution is 2.37. The van der Waals surface area contributed by atoms with Crippen LogP contribution in [0.3, 0.4) is 0 Å². The Morgan fingerprint density at radius 3 is 2.46 bits per heavy atom. The molecule has 0 saturated carbocycles. The molecule has 132 valence electrons. The van der Waals surface area contributed by atoms with E-state index >= 15 is 0 Å². The number of para-hydroxylation sites is 1. The molecule has 4 heteroatoms. The molecule has 28 heavy (non-hydrogen) atoms. The van der Waals surface area contributed by atoms with Crippen LogP contribution in [-0.4, -0.2) is 14.5 Å². The van der Waals surface area contributed by atoms with Gasteiger partial charge in [0.05, 0.1) is 46.0 Å². The van der Waals surface area contributed by atoms with E-state index in [0.717, 1.165) is 44.5 Å². The maximum Gasteiger partial charge on any atom is 0.143 e. The van der Waals surface area contributed by atoms with Crippen molar-refractivity contribution < 1.29 is 4.42 Å². The van der Waals surface area contributed by atoms with Gasteiger partial charge in [0, 0.05) is 17.0 Å². The van der Waals surface area contributed by atoms with Gasteiger partial charge in [-0.3, -0.25) is 9.97 Å². The van der Waals surface area contributed by atoms with Crippen LogP contribution in [0, 0.1) is 0 Å². The minimum absolute atomic E-state index is 0.860. The Kier molecular flexibility index (Phi) is 3.14. The lowest BCUT2D eigenvalue weighted by Gasteiger charge is -2.08. The Morgan fingerprint density at radius 2 is 1.61 bits per heavy atom. The van der Waals surface area contributed by atoms with Gasteiger partial charge < -0.3 is 8.98 Å². The lowest BCUT2D eigenvalue weighted by molar-refractivity contribution is 0.619. The molecule has 0 aliphatic heterocycles. The van der Waals surface area contributed by atoms with E-state index in [0.29, 0.717) is 0 Å². The summed E-state index contributed by atoms with van der Waals surface area (Å²) in [5.41, 5.74) is 5.90. The number of pyridine rings is 2. The van der Waals surface area contributed by atoms with Crippen molar-refractivity contribution in [1.82, 2.24) is 14.5 Å². The number of hydrogen-bond acceptors (Lipinski definition) is 3. The number of nitrogens with zero attached hydrogens (tertiary/aromatic N) is 3. The summed E-state index contributed by atoms with van der Waals surface area (Å²) in [5, 5.41) is 3.41. The second-order valence-electron chi connectivity index (χ2n) is 6.77. The van der Waals surface area contributed by atoms with E-state index in [4.69, 9.17) is 4.42 Å². The maximum atomic E-state index is 5.83. The van der Waals surface area contributed by atoms with Crippen molar-refractivity contribution in [2.75, 3.05) is 0 Å². The third-order valence-corrected chi connectivity index (χ3v) is 5.19. The van der Waals surface area contributed by atoms with Crippen molar-refractivity contribution in [3.05, 3.63) is 91.5 Å². The summed E-state index contributed by atoms with van der Waals surface area (Å²) >= 11 is 0. The molecule has 0 saturated heterocycles. The molecule has 0 N–H and O–H groups in total. The Morgan fingerprint density at radius 1 is 0.714 bits per heavy atom. The topological polar surface area (TPSA) is 43.9 Å². The molecule has 0 amide bonds. The molecular formula is C24H15N3O. The molecule has 4 heterocycles. The third-order valence-electron chi connectivity index (χ3n) is 5.19. The van der Waals surface area contributed by atoms with E-state index in [9.17, 15) is 0 Å². The number of rotatable bonds is 2. The van der Waals surface area contributed by atoms with Gasteiger partial charge in [-0.05, 0) is 48.5 Å². The quantitative estimate of drug-likeness (QED) is 0.381. The van der Waals surface area contributed by atoms with Crippen molar-refractivity contribution in [2.24, 2.45) is 0 Å². The highest BCUT2D eigenvalue weighted by Gasteiger charge is 2.16. The zero-order chi connectivity index (χ0) is 18.5. The fourth-order valence-electron chi connectivity index (χ4n) is 3.94. The van der Waals surface area contributed by atoms with Crippen LogP contribution >= 0.6 is 0 Å². The fraction of sp³-hybridized carbons (Fsp3) is 0. The van der Waals surface area contributed by atoms with Crippen molar-refractivity contribution in [3.63, 3.8) is 0 Å². The van der Waals surface area contributed by atoms with Gasteiger partial charge >= 0.3 is 0 Å². The average Bonchev–Trinajstić information content (AvgIpc) is 3.36. The van der Waals surface area contributed by atoms with Gasteiger partial charge in [-0.2, -0.15) is 0 Å². The second-order valence-corrected chi connectivity index (χ2v) is 6.77. The predicted molar refractivity (Wildman–Crippen MR) is 112 cm³/mol. The Bertz CT molecular complexity index is 1440. The number of aromatic nitrogens is 3. The zero-order valence-corrected chi connectivity index (χ0v) is 14.9. The Balaban J connectivity index is 1.63. The van der Waals surface area contributed by atoms with Crippen LogP contribution in [0.25, 0.3) is 49.9 Å². The third kappa shape index (κ3) is 2.12. The van der Waals surface area contributed by atoms with E-state index in [1.807, 2.05) is 36.5 Å². The van der Waals surface area contributed by atoms with E-state index in [-0.39, 0.29) is 0 Å². The molecule has 0 aliphatic rings. The molecule has 0 radical (unpaired) electrons. The molecule has 4 nitrogen and oxygen atoms in total. The first kappa shape index (κ1) is 15.2. The number of hydrogen-bond donors (Lipinski definition) is 0. The van der Waals surface area contributed by atoms with Crippen LogP contribution in [-0.2, 0) is 0 Å².